The first-order valence-corrected chi connectivity index (χ1v) is 12.4. The van der Waals surface area contributed by atoms with Crippen LogP contribution in [0.5, 0.6) is 5.75 Å². The third-order valence-corrected chi connectivity index (χ3v) is 7.61. The Morgan fingerprint density at radius 2 is 1.74 bits per heavy atom. The molecular weight excluding hydrogens is 412 g/mol. The number of aryl methyl sites for hydroxylation is 1. The van der Waals surface area contributed by atoms with Crippen molar-refractivity contribution in [2.45, 2.75) is 56.4 Å². The Morgan fingerprint density at radius 3 is 2.39 bits per heavy atom. The lowest BCUT2D eigenvalue weighted by atomic mass is 10.1. The van der Waals surface area contributed by atoms with E-state index in [9.17, 15) is 13.2 Å². The average molecular weight is 445 g/mol. The number of hydrogen-bond donors (Lipinski definition) is 1. The Labute approximate surface area is 185 Å². The highest BCUT2D eigenvalue weighted by molar-refractivity contribution is 7.89. The summed E-state index contributed by atoms with van der Waals surface area (Å²) in [5.74, 6) is -0.0199. The molecule has 1 atom stereocenters. The summed E-state index contributed by atoms with van der Waals surface area (Å²) in [5, 5.41) is 2.98. The minimum Gasteiger partial charge on any atom is -0.495 e. The van der Waals surface area contributed by atoms with Crippen molar-refractivity contribution in [3.8, 4) is 5.75 Å². The van der Waals surface area contributed by atoms with E-state index < -0.39 is 10.0 Å². The molecule has 6 nitrogen and oxygen atoms in total. The van der Waals surface area contributed by atoms with Gasteiger partial charge in [0, 0.05) is 24.7 Å². The van der Waals surface area contributed by atoms with Crippen molar-refractivity contribution in [3.63, 3.8) is 0 Å². The van der Waals surface area contributed by atoms with Crippen LogP contribution in [0.1, 0.15) is 54.9 Å². The maximum Gasteiger partial charge on any atom is 0.251 e. The summed E-state index contributed by atoms with van der Waals surface area (Å²) in [6.07, 6.45) is 5.42. The van der Waals surface area contributed by atoms with Gasteiger partial charge in [-0.1, -0.05) is 43.2 Å². The molecule has 0 radical (unpaired) electrons. The van der Waals surface area contributed by atoms with E-state index in [1.807, 2.05) is 25.1 Å². The molecule has 31 heavy (non-hydrogen) atoms. The molecule has 1 heterocycles. The summed E-state index contributed by atoms with van der Waals surface area (Å²) in [7, 11) is -2.28. The van der Waals surface area contributed by atoms with Crippen LogP contribution in [0.15, 0.2) is 53.4 Å². The van der Waals surface area contributed by atoms with E-state index >= 15 is 0 Å². The maximum absolute atomic E-state index is 13.3. The van der Waals surface area contributed by atoms with Crippen LogP contribution in [0.25, 0.3) is 0 Å². The fourth-order valence-electron chi connectivity index (χ4n) is 3.85. The molecule has 0 aliphatic carbocycles. The van der Waals surface area contributed by atoms with Crippen molar-refractivity contribution in [2.75, 3.05) is 20.2 Å². The minimum atomic E-state index is -3.73. The highest BCUT2D eigenvalue weighted by Crippen LogP contribution is 2.29. The predicted molar refractivity (Wildman–Crippen MR) is 122 cm³/mol. The quantitative estimate of drug-likeness (QED) is 0.667. The summed E-state index contributed by atoms with van der Waals surface area (Å²) < 4.78 is 33.4. The van der Waals surface area contributed by atoms with Gasteiger partial charge in [-0.05, 0) is 56.4 Å². The number of sulfonamides is 1. The van der Waals surface area contributed by atoms with Crippen LogP contribution in [0.2, 0.25) is 0 Å². The Balaban J connectivity index is 1.73. The number of amides is 1. The zero-order valence-corrected chi connectivity index (χ0v) is 19.2. The zero-order chi connectivity index (χ0) is 22.3. The number of rotatable bonds is 8. The molecular formula is C24H32N2O4S. The number of methoxy groups -OCH3 is 1. The first kappa shape index (κ1) is 23.3. The van der Waals surface area contributed by atoms with E-state index in [2.05, 4.69) is 17.4 Å². The van der Waals surface area contributed by atoms with Crippen LogP contribution in [0, 0.1) is 0 Å². The molecule has 0 bridgehead atoms. The second-order valence-electron chi connectivity index (χ2n) is 8.08. The Hall–Kier alpha value is -2.38. The van der Waals surface area contributed by atoms with Crippen LogP contribution in [-0.4, -0.2) is 44.9 Å². The molecule has 1 N–H and O–H groups in total. The normalized spacial score (nSPS) is 16.3. The van der Waals surface area contributed by atoms with E-state index in [1.54, 1.807) is 12.1 Å². The first-order chi connectivity index (χ1) is 14.9. The maximum atomic E-state index is 13.3. The van der Waals surface area contributed by atoms with Gasteiger partial charge in [-0.25, -0.2) is 8.42 Å². The molecule has 1 aliphatic heterocycles. The molecule has 1 unspecified atom stereocenters. The van der Waals surface area contributed by atoms with Gasteiger partial charge in [0.05, 0.1) is 7.11 Å². The van der Waals surface area contributed by atoms with Crippen LogP contribution >= 0.6 is 0 Å². The van der Waals surface area contributed by atoms with E-state index in [1.165, 1.54) is 23.0 Å². The lowest BCUT2D eigenvalue weighted by Gasteiger charge is -2.22. The summed E-state index contributed by atoms with van der Waals surface area (Å²) in [6, 6.07) is 14.7. The molecule has 7 heteroatoms. The topological polar surface area (TPSA) is 75.7 Å². The van der Waals surface area contributed by atoms with Gasteiger partial charge < -0.3 is 10.1 Å². The van der Waals surface area contributed by atoms with Crippen molar-refractivity contribution < 1.29 is 17.9 Å². The first-order valence-electron chi connectivity index (χ1n) is 10.9. The average Bonchev–Trinajstić information content (AvgIpc) is 3.08. The fourth-order valence-corrected chi connectivity index (χ4v) is 5.55. The number of ether oxygens (including phenoxy) is 1. The highest BCUT2D eigenvalue weighted by atomic mass is 32.2. The van der Waals surface area contributed by atoms with Crippen molar-refractivity contribution >= 4 is 15.9 Å². The van der Waals surface area contributed by atoms with Crippen molar-refractivity contribution in [2.24, 2.45) is 0 Å². The minimum absolute atomic E-state index is 0.0412. The molecule has 0 aromatic heterocycles. The lowest BCUT2D eigenvalue weighted by molar-refractivity contribution is 0.0938. The van der Waals surface area contributed by atoms with Gasteiger partial charge >= 0.3 is 0 Å². The summed E-state index contributed by atoms with van der Waals surface area (Å²) in [6.45, 7) is 2.95. The van der Waals surface area contributed by atoms with Crippen LogP contribution < -0.4 is 10.1 Å². The third kappa shape index (κ3) is 6.08. The Bertz CT molecular complexity index is 968. The summed E-state index contributed by atoms with van der Waals surface area (Å²) in [4.78, 5) is 12.9. The van der Waals surface area contributed by atoms with Gasteiger partial charge in [0.1, 0.15) is 10.6 Å². The summed E-state index contributed by atoms with van der Waals surface area (Å²) >= 11 is 0. The molecule has 3 rings (SSSR count). The van der Waals surface area contributed by atoms with Crippen LogP contribution in [0.3, 0.4) is 0 Å². The number of carbonyl (C=O) groups is 1. The molecule has 1 amide bonds. The number of carbonyl (C=O) groups excluding carboxylic acids is 1. The molecule has 1 aliphatic rings. The van der Waals surface area contributed by atoms with E-state index in [4.69, 9.17) is 4.74 Å². The molecule has 0 saturated carbocycles. The highest BCUT2D eigenvalue weighted by Gasteiger charge is 2.29. The SMILES string of the molecule is COc1ccc(C(=O)NC(C)CCc2ccccc2)cc1S(=O)(=O)N1CCCCCC1. The molecule has 168 valence electrons. The largest absolute Gasteiger partial charge is 0.495 e. The zero-order valence-electron chi connectivity index (χ0n) is 18.3. The fraction of sp³-hybridized carbons (Fsp3) is 0.458. The van der Waals surface area contributed by atoms with E-state index in [0.29, 0.717) is 18.7 Å². The second-order valence-corrected chi connectivity index (χ2v) is 9.99. The molecule has 1 saturated heterocycles. The third-order valence-electron chi connectivity index (χ3n) is 5.70. The number of hydrogen-bond acceptors (Lipinski definition) is 4. The predicted octanol–water partition coefficient (Wildman–Crippen LogP) is 4.01. The van der Waals surface area contributed by atoms with Gasteiger partial charge in [-0.2, -0.15) is 4.31 Å². The monoisotopic (exact) mass is 444 g/mol. The van der Waals surface area contributed by atoms with E-state index in [0.717, 1.165) is 38.5 Å². The number of nitrogens with zero attached hydrogens (tertiary/aromatic N) is 1. The molecule has 2 aromatic carbocycles. The van der Waals surface area contributed by atoms with Crippen molar-refractivity contribution in [1.29, 1.82) is 0 Å². The number of nitrogens with one attached hydrogen (secondary N) is 1. The molecule has 2 aromatic rings. The van der Waals surface area contributed by atoms with Crippen molar-refractivity contribution in [1.82, 2.24) is 9.62 Å². The van der Waals surface area contributed by atoms with Gasteiger partial charge in [0.15, 0.2) is 0 Å². The van der Waals surface area contributed by atoms with Crippen molar-refractivity contribution in [3.05, 3.63) is 59.7 Å². The van der Waals surface area contributed by atoms with Gasteiger partial charge in [-0.3, -0.25) is 4.79 Å². The van der Waals surface area contributed by atoms with E-state index in [-0.39, 0.29) is 22.6 Å². The Morgan fingerprint density at radius 1 is 1.06 bits per heavy atom. The summed E-state index contributed by atoms with van der Waals surface area (Å²) in [5.41, 5.74) is 1.54. The van der Waals surface area contributed by atoms with Crippen LogP contribution in [-0.2, 0) is 16.4 Å². The lowest BCUT2D eigenvalue weighted by Crippen LogP contribution is -2.34. The standard InChI is InChI=1S/C24H32N2O4S/c1-19(12-13-20-10-6-5-7-11-20)25-24(27)21-14-15-22(30-2)23(18-21)31(28,29)26-16-8-3-4-9-17-26/h5-7,10-11,14-15,18-19H,3-4,8-9,12-13,16-17H2,1-2H3,(H,25,27). The molecule has 0 spiro atoms. The van der Waals surface area contributed by atoms with Gasteiger partial charge in [-0.15, -0.1) is 0 Å². The molecule has 1 fully saturated rings. The van der Waals surface area contributed by atoms with Gasteiger partial charge in [0.2, 0.25) is 10.0 Å². The Kier molecular flexibility index (Phi) is 8.09. The second kappa shape index (κ2) is 10.8. The smallest absolute Gasteiger partial charge is 0.251 e. The van der Waals surface area contributed by atoms with Crippen LogP contribution in [0.4, 0.5) is 0 Å². The van der Waals surface area contributed by atoms with Gasteiger partial charge in [0.25, 0.3) is 5.91 Å². The number of benzene rings is 2.